The number of aromatic nitrogens is 2. The van der Waals surface area contributed by atoms with Crippen molar-refractivity contribution in [3.05, 3.63) is 42.0 Å². The molecule has 2 aliphatic heterocycles. The van der Waals surface area contributed by atoms with Crippen LogP contribution >= 0.6 is 0 Å². The molecule has 0 aliphatic carbocycles. The molecule has 2 bridgehead atoms. The number of fused-ring (bicyclic) bond motifs is 2. The van der Waals surface area contributed by atoms with Crippen LogP contribution in [-0.4, -0.2) is 40.8 Å². The first-order valence-corrected chi connectivity index (χ1v) is 8.58. The van der Waals surface area contributed by atoms with E-state index in [1.807, 2.05) is 18.2 Å². The summed E-state index contributed by atoms with van der Waals surface area (Å²) >= 11 is 0. The third-order valence-electron chi connectivity index (χ3n) is 5.02. The second kappa shape index (κ2) is 6.28. The molecular formula is C19H23N3O. The Balaban J connectivity index is 1.46. The van der Waals surface area contributed by atoms with Crippen LogP contribution in [0.5, 0.6) is 5.88 Å². The van der Waals surface area contributed by atoms with Crippen LogP contribution in [0, 0.1) is 12.8 Å². The predicted molar refractivity (Wildman–Crippen MR) is 90.4 cm³/mol. The average Bonchev–Trinajstić information content (AvgIpc) is 2.59. The fourth-order valence-corrected chi connectivity index (χ4v) is 3.79. The van der Waals surface area contributed by atoms with Crippen LogP contribution in [0.4, 0.5) is 0 Å². The lowest BCUT2D eigenvalue weighted by molar-refractivity contribution is 0.0123. The van der Waals surface area contributed by atoms with E-state index in [9.17, 15) is 0 Å². The van der Waals surface area contributed by atoms with Gasteiger partial charge < -0.3 is 9.64 Å². The van der Waals surface area contributed by atoms with Gasteiger partial charge in [-0.1, -0.05) is 23.8 Å². The summed E-state index contributed by atoms with van der Waals surface area (Å²) in [5.41, 5.74) is 3.23. The highest BCUT2D eigenvalue weighted by Gasteiger charge is 2.33. The lowest BCUT2D eigenvalue weighted by atomic mass is 9.87. The van der Waals surface area contributed by atoms with Crippen molar-refractivity contribution in [2.24, 2.45) is 5.92 Å². The second-order valence-electron chi connectivity index (χ2n) is 6.77. The van der Waals surface area contributed by atoms with Gasteiger partial charge in [0.25, 0.3) is 0 Å². The molecule has 4 rings (SSSR count). The van der Waals surface area contributed by atoms with Gasteiger partial charge in [-0.3, -0.25) is 0 Å². The van der Waals surface area contributed by atoms with Crippen LogP contribution in [0.3, 0.4) is 0 Å². The van der Waals surface area contributed by atoms with Crippen molar-refractivity contribution < 1.29 is 4.74 Å². The number of ether oxygens (including phenoxy) is 1. The van der Waals surface area contributed by atoms with Crippen LogP contribution in [0.25, 0.3) is 11.3 Å². The summed E-state index contributed by atoms with van der Waals surface area (Å²) in [6, 6.07) is 12.3. The lowest BCUT2D eigenvalue weighted by Crippen LogP contribution is -2.49. The van der Waals surface area contributed by atoms with Crippen molar-refractivity contribution in [3.63, 3.8) is 0 Å². The Labute approximate surface area is 137 Å². The zero-order valence-electron chi connectivity index (χ0n) is 13.6. The quantitative estimate of drug-likeness (QED) is 0.872. The number of piperidine rings is 2. The van der Waals surface area contributed by atoms with Crippen LogP contribution in [-0.2, 0) is 0 Å². The van der Waals surface area contributed by atoms with E-state index in [2.05, 4.69) is 40.2 Å². The zero-order valence-corrected chi connectivity index (χ0v) is 13.6. The Hall–Kier alpha value is -1.94. The molecule has 3 atom stereocenters. The summed E-state index contributed by atoms with van der Waals surface area (Å²) in [5, 5.41) is 8.65. The Bertz CT molecular complexity index is 671. The molecule has 2 aliphatic rings. The van der Waals surface area contributed by atoms with Crippen molar-refractivity contribution >= 4 is 0 Å². The molecule has 4 heteroatoms. The van der Waals surface area contributed by atoms with E-state index in [1.165, 1.54) is 31.5 Å². The highest BCUT2D eigenvalue weighted by atomic mass is 16.5. The first-order chi connectivity index (χ1) is 11.3. The topological polar surface area (TPSA) is 38.2 Å². The number of hydrogen-bond donors (Lipinski definition) is 0. The first kappa shape index (κ1) is 14.6. The molecule has 0 amide bonds. The summed E-state index contributed by atoms with van der Waals surface area (Å²) in [7, 11) is 0. The van der Waals surface area contributed by atoms with E-state index < -0.39 is 0 Å². The minimum atomic E-state index is 0.297. The summed E-state index contributed by atoms with van der Waals surface area (Å²) < 4.78 is 6.16. The van der Waals surface area contributed by atoms with E-state index >= 15 is 0 Å². The molecular weight excluding hydrogens is 286 g/mol. The van der Waals surface area contributed by atoms with Crippen molar-refractivity contribution in [3.8, 4) is 17.1 Å². The molecule has 0 spiro atoms. The fourth-order valence-electron chi connectivity index (χ4n) is 3.79. The van der Waals surface area contributed by atoms with Gasteiger partial charge in [0.15, 0.2) is 0 Å². The molecule has 23 heavy (non-hydrogen) atoms. The van der Waals surface area contributed by atoms with E-state index in [0.29, 0.717) is 17.9 Å². The molecule has 0 N–H and O–H groups in total. The number of rotatable bonds is 3. The SMILES string of the molecule is Cc1cccc(-c2ccc(OC3CCN4CCCC3C4)nn2)c1. The maximum atomic E-state index is 6.16. The van der Waals surface area contributed by atoms with Gasteiger partial charge in [0.2, 0.25) is 5.88 Å². The second-order valence-corrected chi connectivity index (χ2v) is 6.77. The minimum absolute atomic E-state index is 0.297. The molecule has 0 saturated carbocycles. The smallest absolute Gasteiger partial charge is 0.233 e. The van der Waals surface area contributed by atoms with Gasteiger partial charge in [0.05, 0.1) is 5.69 Å². The van der Waals surface area contributed by atoms with Gasteiger partial charge in [-0.15, -0.1) is 10.2 Å². The molecule has 2 fully saturated rings. The summed E-state index contributed by atoms with van der Waals surface area (Å²) in [4.78, 5) is 2.56. The van der Waals surface area contributed by atoms with Crippen molar-refractivity contribution in [1.29, 1.82) is 0 Å². The predicted octanol–water partition coefficient (Wildman–Crippen LogP) is 3.32. The van der Waals surface area contributed by atoms with Crippen LogP contribution in [0.2, 0.25) is 0 Å². The molecule has 120 valence electrons. The zero-order chi connectivity index (χ0) is 15.6. The Morgan fingerprint density at radius 3 is 2.87 bits per heavy atom. The molecule has 2 saturated heterocycles. The summed E-state index contributed by atoms with van der Waals surface area (Å²) in [5.74, 6) is 1.31. The monoisotopic (exact) mass is 309 g/mol. The summed E-state index contributed by atoms with van der Waals surface area (Å²) in [6.45, 7) is 5.68. The molecule has 2 aromatic rings. The van der Waals surface area contributed by atoms with E-state index in [4.69, 9.17) is 4.74 Å². The Morgan fingerprint density at radius 2 is 2.04 bits per heavy atom. The molecule has 0 radical (unpaired) electrons. The highest BCUT2D eigenvalue weighted by Crippen LogP contribution is 2.29. The first-order valence-electron chi connectivity index (χ1n) is 8.58. The number of hydrogen-bond acceptors (Lipinski definition) is 4. The minimum Gasteiger partial charge on any atom is -0.473 e. The van der Waals surface area contributed by atoms with Crippen molar-refractivity contribution in [2.45, 2.75) is 32.3 Å². The van der Waals surface area contributed by atoms with Crippen molar-refractivity contribution in [1.82, 2.24) is 15.1 Å². The molecule has 1 aromatic carbocycles. The maximum Gasteiger partial charge on any atom is 0.233 e. The number of nitrogens with zero attached hydrogens (tertiary/aromatic N) is 3. The van der Waals surface area contributed by atoms with Gasteiger partial charge in [0.1, 0.15) is 6.10 Å². The Morgan fingerprint density at radius 1 is 1.09 bits per heavy atom. The van der Waals surface area contributed by atoms with E-state index in [1.54, 1.807) is 0 Å². The third kappa shape index (κ3) is 3.22. The molecule has 3 unspecified atom stereocenters. The van der Waals surface area contributed by atoms with Gasteiger partial charge in [-0.05, 0) is 44.9 Å². The number of aryl methyl sites for hydroxylation is 1. The van der Waals surface area contributed by atoms with Gasteiger partial charge >= 0.3 is 0 Å². The molecule has 4 nitrogen and oxygen atoms in total. The van der Waals surface area contributed by atoms with E-state index in [-0.39, 0.29) is 0 Å². The van der Waals surface area contributed by atoms with E-state index in [0.717, 1.165) is 24.2 Å². The van der Waals surface area contributed by atoms with Gasteiger partial charge in [-0.2, -0.15) is 0 Å². The lowest BCUT2D eigenvalue weighted by Gasteiger charge is -2.42. The summed E-state index contributed by atoms with van der Waals surface area (Å²) in [6.07, 6.45) is 3.97. The number of benzene rings is 1. The normalized spacial score (nSPS) is 26.7. The highest BCUT2D eigenvalue weighted by molar-refractivity contribution is 5.59. The average molecular weight is 309 g/mol. The molecule has 3 heterocycles. The van der Waals surface area contributed by atoms with Crippen molar-refractivity contribution in [2.75, 3.05) is 19.6 Å². The maximum absolute atomic E-state index is 6.16. The fraction of sp³-hybridized carbons (Fsp3) is 0.474. The standard InChI is InChI=1S/C19H23N3O/c1-14-4-2-5-15(12-14)17-7-8-19(21-20-17)23-18-9-11-22-10-3-6-16(18)13-22/h2,4-5,7-8,12,16,18H,3,6,9-11,13H2,1H3. The van der Waals surface area contributed by atoms with Crippen LogP contribution in [0.15, 0.2) is 36.4 Å². The Kier molecular flexibility index (Phi) is 4.00. The molecule has 1 aromatic heterocycles. The third-order valence-corrected chi connectivity index (χ3v) is 5.02. The van der Waals surface area contributed by atoms with Crippen LogP contribution < -0.4 is 4.74 Å². The largest absolute Gasteiger partial charge is 0.473 e. The van der Waals surface area contributed by atoms with Gasteiger partial charge in [-0.25, -0.2) is 0 Å². The van der Waals surface area contributed by atoms with Crippen LogP contribution in [0.1, 0.15) is 24.8 Å². The van der Waals surface area contributed by atoms with Gasteiger partial charge in [0, 0.05) is 30.6 Å².